The lowest BCUT2D eigenvalue weighted by Crippen LogP contribution is -2.32. The number of amides is 2. The Morgan fingerprint density at radius 2 is 1.67 bits per heavy atom. The first-order valence-electron chi connectivity index (χ1n) is 3.90. The van der Waals surface area contributed by atoms with Crippen LogP contribution in [0.4, 0.5) is 0 Å². The van der Waals surface area contributed by atoms with Crippen LogP contribution in [0.5, 0.6) is 0 Å². The molecule has 0 atom stereocenters. The minimum Gasteiger partial charge on any atom is -0.395 e. The lowest BCUT2D eigenvalue weighted by Gasteiger charge is -2.10. The number of rotatable bonds is 2. The number of imide groups is 1. The molecule has 0 fully saturated rings. The normalized spacial score (nSPS) is 14.8. The molecule has 2 amide bonds. The second-order valence-corrected chi connectivity index (χ2v) is 1.89. The predicted molar refractivity (Wildman–Crippen MR) is 44.3 cm³/mol. The third kappa shape index (κ3) is 2.47. The third-order valence-electron chi connectivity index (χ3n) is 1.22. The van der Waals surface area contributed by atoms with Crippen LogP contribution in [0, 0.1) is 0 Å². The molecule has 1 N–H and O–H groups in total. The first-order valence-corrected chi connectivity index (χ1v) is 3.90. The minimum atomic E-state index is -0.348. The van der Waals surface area contributed by atoms with Crippen molar-refractivity contribution in [3.05, 3.63) is 12.2 Å². The summed E-state index contributed by atoms with van der Waals surface area (Å²) in [6.07, 6.45) is 2.38. The largest absolute Gasteiger partial charge is 0.395 e. The van der Waals surface area contributed by atoms with Gasteiger partial charge >= 0.3 is 0 Å². The molecular formula is C8H13NO3. The van der Waals surface area contributed by atoms with E-state index < -0.39 is 0 Å². The van der Waals surface area contributed by atoms with Gasteiger partial charge in [0.15, 0.2) is 0 Å². The van der Waals surface area contributed by atoms with Crippen LogP contribution in [-0.2, 0) is 9.59 Å². The van der Waals surface area contributed by atoms with Gasteiger partial charge in [-0.1, -0.05) is 13.8 Å². The van der Waals surface area contributed by atoms with Crippen molar-refractivity contribution in [2.75, 3.05) is 13.2 Å². The predicted octanol–water partition coefficient (Wildman–Crippen LogP) is -0.0701. The Hall–Kier alpha value is -1.16. The van der Waals surface area contributed by atoms with Crippen LogP contribution in [0.25, 0.3) is 0 Å². The van der Waals surface area contributed by atoms with Crippen molar-refractivity contribution in [2.45, 2.75) is 13.8 Å². The number of hydrogen-bond acceptors (Lipinski definition) is 3. The van der Waals surface area contributed by atoms with Crippen LogP contribution in [0.2, 0.25) is 0 Å². The SMILES string of the molecule is CC.O=C1C=CC(=O)N1CCO. The number of nitrogens with zero attached hydrogens (tertiary/aromatic N) is 1. The van der Waals surface area contributed by atoms with Crippen molar-refractivity contribution < 1.29 is 14.7 Å². The molecule has 0 spiro atoms. The molecule has 1 rings (SSSR count). The number of carbonyl (C=O) groups is 2. The van der Waals surface area contributed by atoms with Gasteiger partial charge < -0.3 is 5.11 Å². The highest BCUT2D eigenvalue weighted by Crippen LogP contribution is 2.01. The molecule has 0 saturated carbocycles. The van der Waals surface area contributed by atoms with Crippen LogP contribution in [0.3, 0.4) is 0 Å². The highest BCUT2D eigenvalue weighted by atomic mass is 16.3. The van der Waals surface area contributed by atoms with Crippen molar-refractivity contribution in [3.63, 3.8) is 0 Å². The summed E-state index contributed by atoms with van der Waals surface area (Å²) in [6, 6.07) is 0. The van der Waals surface area contributed by atoms with Gasteiger partial charge in [0.25, 0.3) is 11.8 Å². The van der Waals surface area contributed by atoms with E-state index in [9.17, 15) is 9.59 Å². The molecular weight excluding hydrogens is 158 g/mol. The Morgan fingerprint density at radius 3 is 2.00 bits per heavy atom. The monoisotopic (exact) mass is 171 g/mol. The Labute approximate surface area is 71.5 Å². The molecule has 68 valence electrons. The summed E-state index contributed by atoms with van der Waals surface area (Å²) in [6.45, 7) is 3.91. The van der Waals surface area contributed by atoms with Crippen molar-refractivity contribution in [2.24, 2.45) is 0 Å². The van der Waals surface area contributed by atoms with Gasteiger partial charge in [0, 0.05) is 12.2 Å². The van der Waals surface area contributed by atoms with Crippen LogP contribution < -0.4 is 0 Å². The van der Waals surface area contributed by atoms with E-state index >= 15 is 0 Å². The Kier molecular flexibility index (Phi) is 4.96. The molecule has 4 nitrogen and oxygen atoms in total. The molecule has 12 heavy (non-hydrogen) atoms. The van der Waals surface area contributed by atoms with Gasteiger partial charge in [0.1, 0.15) is 0 Å². The number of hydrogen-bond donors (Lipinski definition) is 1. The number of aliphatic hydroxyl groups is 1. The molecule has 0 aromatic carbocycles. The van der Waals surface area contributed by atoms with E-state index in [2.05, 4.69) is 0 Å². The van der Waals surface area contributed by atoms with Gasteiger partial charge in [0.2, 0.25) is 0 Å². The van der Waals surface area contributed by atoms with Crippen LogP contribution in [-0.4, -0.2) is 35.0 Å². The standard InChI is InChI=1S/C6H7NO3.C2H6/c8-4-3-7-5(9)1-2-6(7)10;1-2/h1-2,8H,3-4H2;1-2H3. The summed E-state index contributed by atoms with van der Waals surface area (Å²) in [5.74, 6) is -0.696. The maximum Gasteiger partial charge on any atom is 0.253 e. The molecule has 0 aromatic heterocycles. The van der Waals surface area contributed by atoms with E-state index in [-0.39, 0.29) is 25.0 Å². The molecule has 0 saturated heterocycles. The van der Waals surface area contributed by atoms with E-state index in [1.807, 2.05) is 13.8 Å². The summed E-state index contributed by atoms with van der Waals surface area (Å²) in [5.41, 5.74) is 0. The lowest BCUT2D eigenvalue weighted by molar-refractivity contribution is -0.137. The Bertz CT molecular complexity index is 180. The van der Waals surface area contributed by atoms with Crippen LogP contribution in [0.15, 0.2) is 12.2 Å². The van der Waals surface area contributed by atoms with Crippen LogP contribution in [0.1, 0.15) is 13.8 Å². The maximum atomic E-state index is 10.7. The first kappa shape index (κ1) is 10.8. The van der Waals surface area contributed by atoms with E-state index in [0.717, 1.165) is 4.90 Å². The summed E-state index contributed by atoms with van der Waals surface area (Å²) in [7, 11) is 0. The maximum absolute atomic E-state index is 10.7. The van der Waals surface area contributed by atoms with Gasteiger partial charge in [-0.25, -0.2) is 0 Å². The Morgan fingerprint density at radius 1 is 1.25 bits per heavy atom. The number of carbonyl (C=O) groups excluding carboxylic acids is 2. The molecule has 0 aliphatic carbocycles. The zero-order chi connectivity index (χ0) is 9.56. The topological polar surface area (TPSA) is 57.6 Å². The van der Waals surface area contributed by atoms with Crippen molar-refractivity contribution in [3.8, 4) is 0 Å². The first-order chi connectivity index (χ1) is 5.75. The highest BCUT2D eigenvalue weighted by Gasteiger charge is 2.21. The third-order valence-corrected chi connectivity index (χ3v) is 1.22. The molecule has 4 heteroatoms. The molecule has 1 heterocycles. The summed E-state index contributed by atoms with van der Waals surface area (Å²) in [5, 5.41) is 8.39. The Balaban J connectivity index is 0.000000561. The molecule has 0 radical (unpaired) electrons. The molecule has 1 aliphatic heterocycles. The fourth-order valence-corrected chi connectivity index (χ4v) is 0.752. The van der Waals surface area contributed by atoms with Gasteiger partial charge in [-0.15, -0.1) is 0 Å². The molecule has 0 aromatic rings. The van der Waals surface area contributed by atoms with Crippen molar-refractivity contribution >= 4 is 11.8 Å². The van der Waals surface area contributed by atoms with E-state index in [1.165, 1.54) is 12.2 Å². The zero-order valence-corrected chi connectivity index (χ0v) is 7.28. The second kappa shape index (κ2) is 5.49. The molecule has 0 bridgehead atoms. The number of aliphatic hydroxyl groups excluding tert-OH is 1. The summed E-state index contributed by atoms with van der Waals surface area (Å²) < 4.78 is 0. The van der Waals surface area contributed by atoms with Crippen molar-refractivity contribution in [1.29, 1.82) is 0 Å². The van der Waals surface area contributed by atoms with E-state index in [1.54, 1.807) is 0 Å². The second-order valence-electron chi connectivity index (χ2n) is 1.89. The number of β-amino-alcohol motifs (C(OH)–C–C–N with tert-alkyl or cyclic N) is 1. The quantitative estimate of drug-likeness (QED) is 0.592. The highest BCUT2D eigenvalue weighted by molar-refractivity contribution is 6.12. The zero-order valence-electron chi connectivity index (χ0n) is 7.28. The average Bonchev–Trinajstić information content (AvgIpc) is 2.40. The van der Waals surface area contributed by atoms with Gasteiger partial charge in [-0.2, -0.15) is 0 Å². The van der Waals surface area contributed by atoms with E-state index in [4.69, 9.17) is 5.11 Å². The minimum absolute atomic E-state index is 0.0880. The summed E-state index contributed by atoms with van der Waals surface area (Å²) in [4.78, 5) is 22.3. The smallest absolute Gasteiger partial charge is 0.253 e. The van der Waals surface area contributed by atoms with Gasteiger partial charge in [-0.3, -0.25) is 14.5 Å². The van der Waals surface area contributed by atoms with Gasteiger partial charge in [-0.05, 0) is 0 Å². The molecule has 1 aliphatic rings. The van der Waals surface area contributed by atoms with E-state index in [0.29, 0.717) is 0 Å². The van der Waals surface area contributed by atoms with Crippen molar-refractivity contribution in [1.82, 2.24) is 4.90 Å². The van der Waals surface area contributed by atoms with Gasteiger partial charge in [0.05, 0.1) is 13.2 Å². The summed E-state index contributed by atoms with van der Waals surface area (Å²) >= 11 is 0. The molecule has 0 unspecified atom stereocenters. The fourth-order valence-electron chi connectivity index (χ4n) is 0.752. The average molecular weight is 171 g/mol. The lowest BCUT2D eigenvalue weighted by atomic mass is 10.5. The van der Waals surface area contributed by atoms with Crippen LogP contribution >= 0.6 is 0 Å². The fraction of sp³-hybridized carbons (Fsp3) is 0.500.